The molecule has 0 N–H and O–H groups in total. The highest BCUT2D eigenvalue weighted by atomic mass is 79.9. The lowest BCUT2D eigenvalue weighted by Gasteiger charge is -2.15. The van der Waals surface area contributed by atoms with Crippen LogP contribution in [0.25, 0.3) is 11.2 Å². The number of carbonyl (C=O) groups excluding carboxylic acids is 1. The fourth-order valence-electron chi connectivity index (χ4n) is 2.52. The van der Waals surface area contributed by atoms with Crippen molar-refractivity contribution in [3.63, 3.8) is 0 Å². The Kier molecular flexibility index (Phi) is 4.52. The Hall–Kier alpha value is -2.06. The molecule has 0 bridgehead atoms. The smallest absolute Gasteiger partial charge is 0.269 e. The first-order valence-electron chi connectivity index (χ1n) is 7.92. The zero-order valence-electron chi connectivity index (χ0n) is 14.8. The number of aromatic nitrogens is 3. The Morgan fingerprint density at radius 1 is 1.15 bits per heavy atom. The highest BCUT2D eigenvalue weighted by molar-refractivity contribution is 9.10. The molecule has 0 amide bonds. The lowest BCUT2D eigenvalue weighted by atomic mass is 9.87. The van der Waals surface area contributed by atoms with Crippen molar-refractivity contribution in [3.8, 4) is 0 Å². The van der Waals surface area contributed by atoms with E-state index in [1.807, 2.05) is 6.92 Å². The molecule has 0 aliphatic carbocycles. The van der Waals surface area contributed by atoms with Crippen LogP contribution in [0.1, 0.15) is 36.7 Å². The number of halogens is 1. The van der Waals surface area contributed by atoms with Gasteiger partial charge in [-0.25, -0.2) is 22.4 Å². The first kappa shape index (κ1) is 18.7. The number of benzene rings is 1. The van der Waals surface area contributed by atoms with Crippen LogP contribution in [-0.4, -0.2) is 28.1 Å². The van der Waals surface area contributed by atoms with Gasteiger partial charge in [0, 0.05) is 11.6 Å². The van der Waals surface area contributed by atoms with Crippen molar-refractivity contribution in [2.45, 2.75) is 32.6 Å². The van der Waals surface area contributed by atoms with Crippen LogP contribution in [-0.2, 0) is 10.0 Å². The predicted octanol–water partition coefficient (Wildman–Crippen LogP) is 3.97. The highest BCUT2D eigenvalue weighted by Crippen LogP contribution is 2.29. The summed E-state index contributed by atoms with van der Waals surface area (Å²) in [5.74, 6) is -0.201. The van der Waals surface area contributed by atoms with Crippen molar-refractivity contribution >= 4 is 42.9 Å². The van der Waals surface area contributed by atoms with Crippen molar-refractivity contribution in [3.05, 3.63) is 52.4 Å². The third-order valence-electron chi connectivity index (χ3n) is 3.94. The van der Waals surface area contributed by atoms with Crippen LogP contribution in [0.15, 0.2) is 46.2 Å². The van der Waals surface area contributed by atoms with E-state index in [0.29, 0.717) is 4.60 Å². The van der Waals surface area contributed by atoms with Gasteiger partial charge < -0.3 is 0 Å². The molecular weight excluding hydrogens is 418 g/mol. The summed E-state index contributed by atoms with van der Waals surface area (Å²) in [4.78, 5) is 21.4. The molecule has 1 aromatic carbocycles. The molecule has 0 aliphatic heterocycles. The van der Waals surface area contributed by atoms with Crippen LogP contribution < -0.4 is 0 Å². The molecule has 2 heterocycles. The summed E-state index contributed by atoms with van der Waals surface area (Å²) < 4.78 is 27.7. The largest absolute Gasteiger partial charge is 0.293 e. The van der Waals surface area contributed by atoms with E-state index in [1.165, 1.54) is 24.5 Å². The second-order valence-electron chi connectivity index (χ2n) is 7.10. The van der Waals surface area contributed by atoms with E-state index in [4.69, 9.17) is 0 Å². The van der Waals surface area contributed by atoms with Gasteiger partial charge in [-0.05, 0) is 35.0 Å². The van der Waals surface area contributed by atoms with Gasteiger partial charge in [0.05, 0.1) is 16.7 Å². The monoisotopic (exact) mass is 435 g/mol. The third-order valence-corrected chi connectivity index (χ3v) is 5.98. The van der Waals surface area contributed by atoms with Gasteiger partial charge in [0.1, 0.15) is 10.1 Å². The molecule has 0 radical (unpaired) electrons. The number of hydrogen-bond acceptors (Lipinski definition) is 5. The summed E-state index contributed by atoms with van der Waals surface area (Å²) in [6.07, 6.45) is 2.73. The number of nitrogens with zero attached hydrogens (tertiary/aromatic N) is 3. The maximum atomic E-state index is 13.1. The minimum atomic E-state index is -3.91. The molecule has 0 atom stereocenters. The summed E-state index contributed by atoms with van der Waals surface area (Å²) in [6, 6.07) is 6.52. The average Bonchev–Trinajstić information content (AvgIpc) is 2.92. The highest BCUT2D eigenvalue weighted by Gasteiger charge is 2.30. The van der Waals surface area contributed by atoms with E-state index >= 15 is 0 Å². The van der Waals surface area contributed by atoms with Gasteiger partial charge in [0.2, 0.25) is 0 Å². The quantitative estimate of drug-likeness (QED) is 0.581. The normalized spacial score (nSPS) is 12.5. The van der Waals surface area contributed by atoms with Gasteiger partial charge in [-0.2, -0.15) is 0 Å². The van der Waals surface area contributed by atoms with Crippen LogP contribution in [0.5, 0.6) is 0 Å². The molecule has 0 saturated carbocycles. The molecule has 0 fully saturated rings. The molecule has 0 aliphatic rings. The van der Waals surface area contributed by atoms with Crippen molar-refractivity contribution in [1.29, 1.82) is 0 Å². The number of ketones is 1. The van der Waals surface area contributed by atoms with E-state index in [0.717, 1.165) is 9.54 Å². The molecule has 6 nitrogen and oxygen atoms in total. The minimum absolute atomic E-state index is 0.125. The maximum absolute atomic E-state index is 13.1. The van der Waals surface area contributed by atoms with Crippen molar-refractivity contribution in [1.82, 2.24) is 13.9 Å². The SMILES string of the molecule is Cc1ccc(S(=O)(=O)n2cc(C(=O)C(C)(C)C)c3nc(Br)cnc32)cc1. The van der Waals surface area contributed by atoms with Gasteiger partial charge in [0.15, 0.2) is 11.4 Å². The number of rotatable bonds is 3. The fourth-order valence-corrected chi connectivity index (χ4v) is 4.11. The lowest BCUT2D eigenvalue weighted by Crippen LogP contribution is -2.20. The number of carbonyl (C=O) groups is 1. The Balaban J connectivity index is 2.31. The molecule has 0 saturated heterocycles. The molecule has 3 aromatic rings. The van der Waals surface area contributed by atoms with Gasteiger partial charge in [-0.15, -0.1) is 0 Å². The van der Waals surface area contributed by atoms with E-state index in [9.17, 15) is 13.2 Å². The topological polar surface area (TPSA) is 81.9 Å². The number of Topliss-reactive ketones (excluding diaryl/α,β-unsaturated/α-hetero) is 1. The van der Waals surface area contributed by atoms with Crippen molar-refractivity contribution < 1.29 is 13.2 Å². The summed E-state index contributed by atoms with van der Waals surface area (Å²) in [7, 11) is -3.91. The Labute approximate surface area is 160 Å². The molecule has 2 aromatic heterocycles. The summed E-state index contributed by atoms with van der Waals surface area (Å²) >= 11 is 3.24. The number of aryl methyl sites for hydroxylation is 1. The van der Waals surface area contributed by atoms with Gasteiger partial charge >= 0.3 is 0 Å². The van der Waals surface area contributed by atoms with Gasteiger partial charge in [-0.1, -0.05) is 38.5 Å². The van der Waals surface area contributed by atoms with Crippen molar-refractivity contribution in [2.75, 3.05) is 0 Å². The predicted molar refractivity (Wildman–Crippen MR) is 103 cm³/mol. The molecule has 26 heavy (non-hydrogen) atoms. The molecule has 3 rings (SSSR count). The average molecular weight is 436 g/mol. The third kappa shape index (κ3) is 3.19. The van der Waals surface area contributed by atoms with Crippen LogP contribution in [0, 0.1) is 12.3 Å². The second kappa shape index (κ2) is 6.28. The molecule has 0 unspecified atom stereocenters. The second-order valence-corrected chi connectivity index (χ2v) is 9.73. The number of hydrogen-bond donors (Lipinski definition) is 0. The zero-order chi connectivity index (χ0) is 19.3. The number of fused-ring (bicyclic) bond motifs is 1. The fraction of sp³-hybridized carbons (Fsp3) is 0.278. The van der Waals surface area contributed by atoms with Crippen LogP contribution >= 0.6 is 15.9 Å². The molecule has 0 spiro atoms. The zero-order valence-corrected chi connectivity index (χ0v) is 17.2. The summed E-state index contributed by atoms with van der Waals surface area (Å²) in [6.45, 7) is 7.21. The lowest BCUT2D eigenvalue weighted by molar-refractivity contribution is 0.0860. The van der Waals surface area contributed by atoms with Crippen LogP contribution in [0.2, 0.25) is 0 Å². The van der Waals surface area contributed by atoms with Gasteiger partial charge in [-0.3, -0.25) is 4.79 Å². The van der Waals surface area contributed by atoms with E-state index in [-0.39, 0.29) is 27.4 Å². The van der Waals surface area contributed by atoms with Crippen LogP contribution in [0.3, 0.4) is 0 Å². The van der Waals surface area contributed by atoms with E-state index in [2.05, 4.69) is 25.9 Å². The first-order valence-corrected chi connectivity index (χ1v) is 10.2. The van der Waals surface area contributed by atoms with E-state index < -0.39 is 15.4 Å². The minimum Gasteiger partial charge on any atom is -0.293 e. The molecule has 136 valence electrons. The first-order chi connectivity index (χ1) is 12.0. The Morgan fingerprint density at radius 2 is 1.77 bits per heavy atom. The standard InChI is InChI=1S/C18H18BrN3O3S/c1-11-5-7-12(8-6-11)26(24,25)22-10-13(16(23)18(2,3)4)15-17(22)20-9-14(19)21-15/h5-10H,1-4H3. The van der Waals surface area contributed by atoms with Crippen molar-refractivity contribution in [2.24, 2.45) is 5.41 Å². The van der Waals surface area contributed by atoms with Gasteiger partial charge in [0.25, 0.3) is 10.0 Å². The molecular formula is C18H18BrN3O3S. The van der Waals surface area contributed by atoms with Crippen LogP contribution in [0.4, 0.5) is 0 Å². The Bertz CT molecular complexity index is 1110. The van der Waals surface area contributed by atoms with E-state index in [1.54, 1.807) is 32.9 Å². The summed E-state index contributed by atoms with van der Waals surface area (Å²) in [5, 5.41) is 0. The maximum Gasteiger partial charge on any atom is 0.269 e. The molecule has 8 heteroatoms. The summed E-state index contributed by atoms with van der Waals surface area (Å²) in [5.41, 5.74) is 0.887. The Morgan fingerprint density at radius 3 is 2.35 bits per heavy atom.